The normalized spacial score (nSPS) is 14.2. The highest BCUT2D eigenvalue weighted by molar-refractivity contribution is 8.00. The zero-order valence-corrected chi connectivity index (χ0v) is 12.0. The molecule has 1 aliphatic rings. The summed E-state index contributed by atoms with van der Waals surface area (Å²) in [4.78, 5) is 12.6. The number of carbonyl (C=O) groups excluding carboxylic acids is 1. The van der Waals surface area contributed by atoms with Crippen LogP contribution in [0.1, 0.15) is 19.8 Å². The van der Waals surface area contributed by atoms with Crippen LogP contribution in [0.2, 0.25) is 0 Å². The second-order valence-electron chi connectivity index (χ2n) is 4.67. The molecular weight excluding hydrogens is 260 g/mol. The molecule has 0 bridgehead atoms. The van der Waals surface area contributed by atoms with Gasteiger partial charge in [-0.3, -0.25) is 4.79 Å². The van der Waals surface area contributed by atoms with E-state index in [1.807, 2.05) is 25.1 Å². The number of ether oxygens (including phenoxy) is 1. The number of carbonyl (C=O) groups is 1. The van der Waals surface area contributed by atoms with Crippen LogP contribution in [0.4, 0.5) is 5.69 Å². The maximum absolute atomic E-state index is 11.7. The molecule has 0 heterocycles. The van der Waals surface area contributed by atoms with E-state index in [2.05, 4.69) is 5.32 Å². The fourth-order valence-corrected chi connectivity index (χ4v) is 2.49. The molecule has 0 saturated heterocycles. The first kappa shape index (κ1) is 14.1. The minimum Gasteiger partial charge on any atom is -0.494 e. The van der Waals surface area contributed by atoms with Crippen molar-refractivity contribution in [2.24, 2.45) is 5.92 Å². The number of rotatable bonds is 7. The summed E-state index contributed by atoms with van der Waals surface area (Å²) in [5, 5.41) is 2.94. The molecule has 104 valence electrons. The van der Waals surface area contributed by atoms with E-state index in [0.29, 0.717) is 24.0 Å². The number of nitrogen functional groups attached to an aromatic ring is 1. The summed E-state index contributed by atoms with van der Waals surface area (Å²) >= 11 is 1.45. The van der Waals surface area contributed by atoms with Crippen LogP contribution in [-0.2, 0) is 4.79 Å². The lowest BCUT2D eigenvalue weighted by atomic mass is 10.3. The average Bonchev–Trinajstić information content (AvgIpc) is 3.21. The van der Waals surface area contributed by atoms with Gasteiger partial charge in [-0.2, -0.15) is 0 Å². The molecule has 0 radical (unpaired) electrons. The van der Waals surface area contributed by atoms with Crippen molar-refractivity contribution in [3.63, 3.8) is 0 Å². The number of thioether (sulfide) groups is 1. The van der Waals surface area contributed by atoms with Gasteiger partial charge in [-0.25, -0.2) is 0 Å². The molecule has 4 nitrogen and oxygen atoms in total. The van der Waals surface area contributed by atoms with Crippen LogP contribution in [0.5, 0.6) is 5.75 Å². The largest absolute Gasteiger partial charge is 0.494 e. The highest BCUT2D eigenvalue weighted by atomic mass is 32.2. The van der Waals surface area contributed by atoms with Crippen molar-refractivity contribution < 1.29 is 9.53 Å². The number of hydrogen-bond acceptors (Lipinski definition) is 4. The van der Waals surface area contributed by atoms with E-state index in [-0.39, 0.29) is 5.91 Å². The molecule has 0 aromatic heterocycles. The highest BCUT2D eigenvalue weighted by Crippen LogP contribution is 2.30. The van der Waals surface area contributed by atoms with E-state index in [1.165, 1.54) is 24.6 Å². The van der Waals surface area contributed by atoms with Gasteiger partial charge in [0.25, 0.3) is 0 Å². The zero-order chi connectivity index (χ0) is 13.7. The van der Waals surface area contributed by atoms with E-state index in [4.69, 9.17) is 10.5 Å². The van der Waals surface area contributed by atoms with Crippen molar-refractivity contribution in [1.82, 2.24) is 5.32 Å². The van der Waals surface area contributed by atoms with Crippen LogP contribution in [0.25, 0.3) is 0 Å². The van der Waals surface area contributed by atoms with Gasteiger partial charge in [0.1, 0.15) is 5.75 Å². The summed E-state index contributed by atoms with van der Waals surface area (Å²) in [5.41, 5.74) is 6.58. The summed E-state index contributed by atoms with van der Waals surface area (Å²) in [6.07, 6.45) is 2.49. The van der Waals surface area contributed by atoms with E-state index in [0.717, 1.165) is 17.2 Å². The van der Waals surface area contributed by atoms with Gasteiger partial charge in [0.05, 0.1) is 12.4 Å². The maximum Gasteiger partial charge on any atom is 0.230 e. The third-order valence-corrected chi connectivity index (χ3v) is 4.01. The summed E-state index contributed by atoms with van der Waals surface area (Å²) < 4.78 is 5.43. The Morgan fingerprint density at radius 3 is 3.00 bits per heavy atom. The summed E-state index contributed by atoms with van der Waals surface area (Å²) in [7, 11) is 0. The molecule has 3 N–H and O–H groups in total. The fraction of sp³-hybridized carbons (Fsp3) is 0.500. The van der Waals surface area contributed by atoms with Crippen molar-refractivity contribution in [3.05, 3.63) is 18.2 Å². The van der Waals surface area contributed by atoms with Crippen LogP contribution in [-0.4, -0.2) is 24.8 Å². The molecule has 1 saturated carbocycles. The van der Waals surface area contributed by atoms with Crippen molar-refractivity contribution in [1.29, 1.82) is 0 Å². The van der Waals surface area contributed by atoms with Crippen molar-refractivity contribution in [3.8, 4) is 5.75 Å². The quantitative estimate of drug-likeness (QED) is 0.594. The SMILES string of the molecule is CCOc1ccc(N)c(SCC(=O)NCC2CC2)c1. The van der Waals surface area contributed by atoms with E-state index in [9.17, 15) is 4.79 Å². The number of amides is 1. The first-order valence-electron chi connectivity index (χ1n) is 6.61. The van der Waals surface area contributed by atoms with Gasteiger partial charge >= 0.3 is 0 Å². The van der Waals surface area contributed by atoms with Crippen LogP contribution in [0.15, 0.2) is 23.1 Å². The summed E-state index contributed by atoms with van der Waals surface area (Å²) in [6.45, 7) is 3.37. The van der Waals surface area contributed by atoms with E-state index >= 15 is 0 Å². The topological polar surface area (TPSA) is 64.3 Å². The molecule has 1 aromatic carbocycles. The molecule has 0 atom stereocenters. The van der Waals surface area contributed by atoms with Gasteiger partial charge in [-0.1, -0.05) is 0 Å². The summed E-state index contributed by atoms with van der Waals surface area (Å²) in [6, 6.07) is 5.54. The highest BCUT2D eigenvalue weighted by Gasteiger charge is 2.21. The Kier molecular flexibility index (Phi) is 4.96. The fourth-order valence-electron chi connectivity index (χ4n) is 1.67. The molecule has 1 aromatic rings. The maximum atomic E-state index is 11.7. The van der Waals surface area contributed by atoms with Gasteiger partial charge in [-0.05, 0) is 43.9 Å². The molecule has 0 aliphatic heterocycles. The lowest BCUT2D eigenvalue weighted by Gasteiger charge is -2.09. The third kappa shape index (κ3) is 4.67. The zero-order valence-electron chi connectivity index (χ0n) is 11.1. The van der Waals surface area contributed by atoms with E-state index in [1.54, 1.807) is 0 Å². The Balaban J connectivity index is 1.82. The minimum atomic E-state index is 0.0677. The number of anilines is 1. The lowest BCUT2D eigenvalue weighted by molar-refractivity contribution is -0.118. The number of benzene rings is 1. The first-order valence-corrected chi connectivity index (χ1v) is 7.59. The predicted octanol–water partition coefficient (Wildman–Crippen LogP) is 2.29. The molecule has 19 heavy (non-hydrogen) atoms. The molecule has 1 amide bonds. The molecule has 2 rings (SSSR count). The molecular formula is C14H20N2O2S. The molecule has 0 spiro atoms. The Morgan fingerprint density at radius 2 is 2.32 bits per heavy atom. The lowest BCUT2D eigenvalue weighted by Crippen LogP contribution is -2.27. The Labute approximate surface area is 118 Å². The van der Waals surface area contributed by atoms with Crippen molar-refractivity contribution in [2.45, 2.75) is 24.7 Å². The smallest absolute Gasteiger partial charge is 0.230 e. The number of hydrogen-bond donors (Lipinski definition) is 2. The number of nitrogens with two attached hydrogens (primary N) is 1. The minimum absolute atomic E-state index is 0.0677. The average molecular weight is 280 g/mol. The summed E-state index contributed by atoms with van der Waals surface area (Å²) in [5.74, 6) is 1.96. The van der Waals surface area contributed by atoms with Crippen LogP contribution in [0.3, 0.4) is 0 Å². The monoisotopic (exact) mass is 280 g/mol. The molecule has 0 unspecified atom stereocenters. The van der Waals surface area contributed by atoms with Gasteiger partial charge in [0.2, 0.25) is 5.91 Å². The van der Waals surface area contributed by atoms with Crippen LogP contribution in [0, 0.1) is 5.92 Å². The Bertz CT molecular complexity index is 447. The second kappa shape index (κ2) is 6.70. The van der Waals surface area contributed by atoms with Crippen LogP contribution >= 0.6 is 11.8 Å². The Hall–Kier alpha value is -1.36. The third-order valence-electron chi connectivity index (χ3n) is 2.94. The molecule has 5 heteroatoms. The van der Waals surface area contributed by atoms with E-state index < -0.39 is 0 Å². The van der Waals surface area contributed by atoms with Gasteiger partial charge in [0, 0.05) is 17.1 Å². The van der Waals surface area contributed by atoms with Gasteiger partial charge in [0.15, 0.2) is 0 Å². The predicted molar refractivity (Wildman–Crippen MR) is 78.5 cm³/mol. The van der Waals surface area contributed by atoms with Crippen molar-refractivity contribution in [2.75, 3.05) is 24.6 Å². The van der Waals surface area contributed by atoms with Crippen molar-refractivity contribution >= 4 is 23.4 Å². The first-order chi connectivity index (χ1) is 9.19. The number of nitrogens with one attached hydrogen (secondary N) is 1. The second-order valence-corrected chi connectivity index (χ2v) is 5.69. The van der Waals surface area contributed by atoms with Gasteiger partial charge in [-0.15, -0.1) is 11.8 Å². The van der Waals surface area contributed by atoms with Gasteiger partial charge < -0.3 is 15.8 Å². The molecule has 1 fully saturated rings. The Morgan fingerprint density at radius 1 is 1.53 bits per heavy atom. The van der Waals surface area contributed by atoms with Crippen LogP contribution < -0.4 is 15.8 Å². The standard InChI is InChI=1S/C14H20N2O2S/c1-2-18-11-5-6-12(15)13(7-11)19-9-14(17)16-8-10-3-4-10/h5-7,10H,2-4,8-9,15H2,1H3,(H,16,17). The molecule has 1 aliphatic carbocycles.